The fourth-order valence-corrected chi connectivity index (χ4v) is 1.46. The summed E-state index contributed by atoms with van der Waals surface area (Å²) < 4.78 is 0. The Hall–Kier alpha value is -2.39. The number of carbonyl (C=O) groups is 1. The maximum Gasteiger partial charge on any atom is 0.335 e. The van der Waals surface area contributed by atoms with E-state index in [-0.39, 0.29) is 6.61 Å². The van der Waals surface area contributed by atoms with Crippen LogP contribution in [-0.4, -0.2) is 16.2 Å². The highest BCUT2D eigenvalue weighted by Gasteiger charge is 1.96. The van der Waals surface area contributed by atoms with Crippen LogP contribution in [0.5, 0.6) is 0 Å². The maximum absolute atomic E-state index is 10.2. The van der Waals surface area contributed by atoms with Gasteiger partial charge in [-0.25, -0.2) is 4.79 Å². The van der Waals surface area contributed by atoms with Gasteiger partial charge in [0.2, 0.25) is 0 Å². The molecule has 0 aliphatic carbocycles. The fraction of sp³-hybridized carbons (Fsp3) is 0.0625. The molecule has 19 heavy (non-hydrogen) atoms. The highest BCUT2D eigenvalue weighted by atomic mass is 16.4. The summed E-state index contributed by atoms with van der Waals surface area (Å²) in [6, 6.07) is 15.9. The monoisotopic (exact) mass is 256 g/mol. The van der Waals surface area contributed by atoms with E-state index >= 15 is 0 Å². The van der Waals surface area contributed by atoms with Crippen molar-refractivity contribution in [2.75, 3.05) is 0 Å². The number of carboxylic acids is 1. The van der Waals surface area contributed by atoms with Gasteiger partial charge >= 0.3 is 5.97 Å². The van der Waals surface area contributed by atoms with Gasteiger partial charge < -0.3 is 10.2 Å². The topological polar surface area (TPSA) is 57.5 Å². The fourth-order valence-electron chi connectivity index (χ4n) is 1.46. The van der Waals surface area contributed by atoms with Gasteiger partial charge in [0.05, 0.1) is 12.2 Å². The lowest BCUT2D eigenvalue weighted by Crippen LogP contribution is -1.93. The first kappa shape index (κ1) is 14.7. The number of benzene rings is 2. The van der Waals surface area contributed by atoms with E-state index in [0.717, 1.165) is 11.1 Å². The molecule has 0 aliphatic heterocycles. The lowest BCUT2D eigenvalue weighted by atomic mass is 10.1. The molecule has 2 aromatic rings. The second kappa shape index (κ2) is 7.84. The number of aliphatic hydroxyl groups is 1. The molecule has 0 amide bonds. The third-order valence-electron chi connectivity index (χ3n) is 2.47. The third-order valence-corrected chi connectivity index (χ3v) is 2.47. The van der Waals surface area contributed by atoms with Crippen molar-refractivity contribution in [3.63, 3.8) is 0 Å². The van der Waals surface area contributed by atoms with Crippen molar-refractivity contribution in [2.24, 2.45) is 0 Å². The molecule has 0 atom stereocenters. The van der Waals surface area contributed by atoms with Crippen LogP contribution in [-0.2, 0) is 6.61 Å². The van der Waals surface area contributed by atoms with Gasteiger partial charge in [-0.05, 0) is 23.3 Å². The largest absolute Gasteiger partial charge is 0.478 e. The summed E-state index contributed by atoms with van der Waals surface area (Å²) >= 11 is 0. The van der Waals surface area contributed by atoms with E-state index in [9.17, 15) is 4.79 Å². The van der Waals surface area contributed by atoms with E-state index in [1.807, 2.05) is 24.3 Å². The van der Waals surface area contributed by atoms with Crippen LogP contribution in [0.3, 0.4) is 0 Å². The van der Waals surface area contributed by atoms with Crippen LogP contribution in [0.2, 0.25) is 0 Å². The smallest absolute Gasteiger partial charge is 0.335 e. The Bertz CT molecular complexity index is 533. The minimum absolute atomic E-state index is 0.0855. The summed E-state index contributed by atoms with van der Waals surface area (Å²) in [5.74, 6) is -0.879. The Morgan fingerprint density at radius 1 is 1.05 bits per heavy atom. The van der Waals surface area contributed by atoms with Gasteiger partial charge in [-0.2, -0.15) is 0 Å². The Morgan fingerprint density at radius 2 is 1.63 bits per heavy atom. The van der Waals surface area contributed by atoms with Gasteiger partial charge in [-0.3, -0.25) is 0 Å². The zero-order chi connectivity index (χ0) is 14.1. The van der Waals surface area contributed by atoms with Crippen LogP contribution in [0, 0.1) is 0 Å². The minimum atomic E-state index is -0.879. The second-order valence-corrected chi connectivity index (χ2v) is 3.73. The van der Waals surface area contributed by atoms with E-state index in [1.54, 1.807) is 36.4 Å². The summed E-state index contributed by atoms with van der Waals surface area (Å²) in [4.78, 5) is 10.2. The average molecular weight is 256 g/mol. The molecule has 0 unspecified atom stereocenters. The van der Waals surface area contributed by atoms with Crippen molar-refractivity contribution in [2.45, 2.75) is 6.61 Å². The Kier molecular flexibility index (Phi) is 6.06. The highest BCUT2D eigenvalue weighted by Crippen LogP contribution is 2.08. The molecule has 0 saturated carbocycles. The number of hydrogen-bond donors (Lipinski definition) is 2. The van der Waals surface area contributed by atoms with Gasteiger partial charge in [0.25, 0.3) is 0 Å². The molecular weight excluding hydrogens is 240 g/mol. The molecule has 0 radical (unpaired) electrons. The van der Waals surface area contributed by atoms with Gasteiger partial charge in [0, 0.05) is 0 Å². The molecular formula is C16H16O3. The molecule has 0 aromatic heterocycles. The zero-order valence-electron chi connectivity index (χ0n) is 10.5. The second-order valence-electron chi connectivity index (χ2n) is 3.73. The summed E-state index contributed by atoms with van der Waals surface area (Å²) in [7, 11) is 0. The lowest BCUT2D eigenvalue weighted by molar-refractivity contribution is 0.0697. The molecule has 98 valence electrons. The van der Waals surface area contributed by atoms with Gasteiger partial charge in [-0.15, -0.1) is 0 Å². The van der Waals surface area contributed by atoms with Crippen LogP contribution in [0.25, 0.3) is 6.08 Å². The summed E-state index contributed by atoms with van der Waals surface area (Å²) in [6.07, 6.45) is 1.74. The number of aromatic carboxylic acids is 1. The summed E-state index contributed by atoms with van der Waals surface area (Å²) in [5.41, 5.74) is 2.26. The molecule has 0 bridgehead atoms. The standard InChI is InChI=1S/C9H10O.C7H6O2/c1-2-8-5-3-4-6-9(8)7-10;8-7(9)6-4-2-1-3-5-6/h2-6,10H,1,7H2;1-5H,(H,8,9). The average Bonchev–Trinajstić information content (AvgIpc) is 2.48. The number of rotatable bonds is 3. The molecule has 0 spiro atoms. The van der Waals surface area contributed by atoms with E-state index in [1.165, 1.54) is 0 Å². The van der Waals surface area contributed by atoms with Crippen molar-refractivity contribution in [3.8, 4) is 0 Å². The predicted molar refractivity (Wildman–Crippen MR) is 75.9 cm³/mol. The van der Waals surface area contributed by atoms with Gasteiger partial charge in [-0.1, -0.05) is 55.1 Å². The highest BCUT2D eigenvalue weighted by molar-refractivity contribution is 5.87. The molecule has 3 nitrogen and oxygen atoms in total. The molecule has 3 heteroatoms. The summed E-state index contributed by atoms with van der Waals surface area (Å²) in [5, 5.41) is 17.2. The van der Waals surface area contributed by atoms with E-state index in [4.69, 9.17) is 10.2 Å². The molecule has 2 aromatic carbocycles. The van der Waals surface area contributed by atoms with Crippen molar-refractivity contribution in [1.29, 1.82) is 0 Å². The maximum atomic E-state index is 10.2. The van der Waals surface area contributed by atoms with Gasteiger partial charge in [0.15, 0.2) is 0 Å². The summed E-state index contributed by atoms with van der Waals surface area (Å²) in [6.45, 7) is 3.71. The van der Waals surface area contributed by atoms with Crippen LogP contribution in [0.4, 0.5) is 0 Å². The quantitative estimate of drug-likeness (QED) is 0.886. The van der Waals surface area contributed by atoms with Crippen LogP contribution in [0.1, 0.15) is 21.5 Å². The Balaban J connectivity index is 0.000000191. The van der Waals surface area contributed by atoms with Crippen LogP contribution >= 0.6 is 0 Å². The van der Waals surface area contributed by atoms with Crippen molar-refractivity contribution in [3.05, 3.63) is 77.9 Å². The molecule has 2 N–H and O–H groups in total. The Morgan fingerprint density at radius 3 is 2.05 bits per heavy atom. The van der Waals surface area contributed by atoms with Gasteiger partial charge in [0.1, 0.15) is 0 Å². The number of carboxylic acid groups (broad SMARTS) is 1. The lowest BCUT2D eigenvalue weighted by Gasteiger charge is -1.99. The molecule has 2 rings (SSSR count). The van der Waals surface area contributed by atoms with Crippen molar-refractivity contribution in [1.82, 2.24) is 0 Å². The SMILES string of the molecule is C=Cc1ccccc1CO.O=C(O)c1ccccc1. The van der Waals surface area contributed by atoms with Crippen LogP contribution in [0.15, 0.2) is 61.2 Å². The number of aliphatic hydroxyl groups excluding tert-OH is 1. The third kappa shape index (κ3) is 4.77. The molecule has 0 heterocycles. The van der Waals surface area contributed by atoms with Crippen molar-refractivity contribution >= 4 is 12.0 Å². The van der Waals surface area contributed by atoms with E-state index < -0.39 is 5.97 Å². The van der Waals surface area contributed by atoms with E-state index in [2.05, 4.69) is 6.58 Å². The van der Waals surface area contributed by atoms with E-state index in [0.29, 0.717) is 5.56 Å². The van der Waals surface area contributed by atoms with Crippen molar-refractivity contribution < 1.29 is 15.0 Å². The molecule has 0 fully saturated rings. The Labute approximate surface area is 112 Å². The zero-order valence-corrected chi connectivity index (χ0v) is 10.5. The first-order chi connectivity index (χ1) is 9.19. The first-order valence-electron chi connectivity index (χ1n) is 5.78. The molecule has 0 aliphatic rings. The number of hydrogen-bond acceptors (Lipinski definition) is 2. The minimum Gasteiger partial charge on any atom is -0.478 e. The first-order valence-corrected chi connectivity index (χ1v) is 5.78. The molecule has 0 saturated heterocycles. The predicted octanol–water partition coefficient (Wildman–Crippen LogP) is 3.21. The normalized spacial score (nSPS) is 9.11. The van der Waals surface area contributed by atoms with Crippen LogP contribution < -0.4 is 0 Å².